The van der Waals surface area contributed by atoms with Crippen molar-refractivity contribution in [2.45, 2.75) is 17.9 Å². The van der Waals surface area contributed by atoms with Gasteiger partial charge < -0.3 is 5.11 Å². The molecule has 1 aromatic heterocycles. The highest BCUT2D eigenvalue weighted by atomic mass is 32.2. The van der Waals surface area contributed by atoms with Crippen molar-refractivity contribution in [3.05, 3.63) is 34.7 Å². The molecule has 0 fully saturated rings. The number of rotatable bonds is 5. The molecule has 3 rings (SSSR count). The van der Waals surface area contributed by atoms with Crippen LogP contribution in [0.2, 0.25) is 0 Å². The number of thioether (sulfide) groups is 2. The Kier molecular flexibility index (Phi) is 4.84. The molecule has 1 N–H and O–H groups in total. The van der Waals surface area contributed by atoms with Crippen molar-refractivity contribution in [3.63, 3.8) is 0 Å². The largest absolute Gasteiger partial charge is 0.480 e. The predicted octanol–water partition coefficient (Wildman–Crippen LogP) is 3.44. The lowest BCUT2D eigenvalue weighted by atomic mass is 10.3. The van der Waals surface area contributed by atoms with Gasteiger partial charge in [0.2, 0.25) is 0 Å². The minimum atomic E-state index is -0.899. The van der Waals surface area contributed by atoms with Gasteiger partial charge in [-0.05, 0) is 36.6 Å². The maximum absolute atomic E-state index is 11.0. The second-order valence-electron chi connectivity index (χ2n) is 4.78. The van der Waals surface area contributed by atoms with E-state index in [1.54, 1.807) is 5.41 Å². The summed E-state index contributed by atoms with van der Waals surface area (Å²) in [6.07, 6.45) is 1.53. The second kappa shape index (κ2) is 6.86. The molecule has 0 radical (unpaired) electrons. The van der Waals surface area contributed by atoms with E-state index in [4.69, 9.17) is 5.11 Å². The molecule has 2 aromatic rings. The van der Waals surface area contributed by atoms with Crippen LogP contribution < -0.4 is 0 Å². The number of nitrogens with zero attached hydrogens (tertiary/aromatic N) is 2. The van der Waals surface area contributed by atoms with Gasteiger partial charge in [-0.15, -0.1) is 23.1 Å². The van der Waals surface area contributed by atoms with Crippen LogP contribution in [0.1, 0.15) is 11.9 Å². The summed E-state index contributed by atoms with van der Waals surface area (Å²) in [6.45, 7) is 1.51. The number of ketones is 1. The molecule has 0 saturated carbocycles. The minimum Gasteiger partial charge on any atom is -0.480 e. The van der Waals surface area contributed by atoms with Crippen LogP contribution in [0.25, 0.3) is 10.2 Å². The number of fused-ring (bicyclic) bond motifs is 1. The molecular formula is C15H12N2O3S3. The van der Waals surface area contributed by atoms with Crippen LogP contribution in [0, 0.1) is 0 Å². The van der Waals surface area contributed by atoms with Crippen LogP contribution in [-0.4, -0.2) is 38.7 Å². The molecule has 0 bridgehead atoms. The van der Waals surface area contributed by atoms with Crippen LogP contribution in [0.5, 0.6) is 0 Å². The van der Waals surface area contributed by atoms with Crippen molar-refractivity contribution >= 4 is 61.9 Å². The van der Waals surface area contributed by atoms with Crippen LogP contribution in [0.15, 0.2) is 39.6 Å². The lowest BCUT2D eigenvalue weighted by molar-refractivity contribution is -0.137. The Morgan fingerprint density at radius 1 is 1.43 bits per heavy atom. The van der Waals surface area contributed by atoms with Gasteiger partial charge in [-0.1, -0.05) is 11.8 Å². The summed E-state index contributed by atoms with van der Waals surface area (Å²) in [4.78, 5) is 31.7. The normalized spacial score (nSPS) is 17.8. The van der Waals surface area contributed by atoms with Crippen molar-refractivity contribution in [2.75, 3.05) is 5.75 Å². The first-order valence-corrected chi connectivity index (χ1v) is 9.39. The van der Waals surface area contributed by atoms with Gasteiger partial charge in [0.15, 0.2) is 11.8 Å². The summed E-state index contributed by atoms with van der Waals surface area (Å²) in [7, 11) is 0. The van der Waals surface area contributed by atoms with Crippen molar-refractivity contribution in [1.82, 2.24) is 4.98 Å². The SMILES string of the molecule is CC(=O)/C=C/Sc1ccc2nc(C3=N[C@@H](C(=O)O)CS3)sc2c1. The number of carboxylic acids is 1. The third-order valence-electron chi connectivity index (χ3n) is 2.99. The molecular weight excluding hydrogens is 352 g/mol. The van der Waals surface area contributed by atoms with Gasteiger partial charge in [-0.2, -0.15) is 0 Å². The Morgan fingerprint density at radius 3 is 2.96 bits per heavy atom. The Labute approximate surface area is 144 Å². The number of thiazole rings is 1. The average Bonchev–Trinajstić information content (AvgIpc) is 3.13. The minimum absolute atomic E-state index is 0.0166. The number of allylic oxidation sites excluding steroid dienone is 1. The first-order chi connectivity index (χ1) is 11.0. The molecule has 0 aliphatic carbocycles. The number of benzene rings is 1. The lowest BCUT2D eigenvalue weighted by Crippen LogP contribution is -2.17. The van der Waals surface area contributed by atoms with E-state index in [1.807, 2.05) is 18.2 Å². The van der Waals surface area contributed by atoms with Crippen LogP contribution >= 0.6 is 34.9 Å². The topological polar surface area (TPSA) is 79.6 Å². The fourth-order valence-electron chi connectivity index (χ4n) is 1.90. The zero-order valence-electron chi connectivity index (χ0n) is 12.1. The Balaban J connectivity index is 1.84. The molecule has 1 aromatic carbocycles. The van der Waals surface area contributed by atoms with Crippen molar-refractivity contribution < 1.29 is 14.7 Å². The highest BCUT2D eigenvalue weighted by Crippen LogP contribution is 2.32. The highest BCUT2D eigenvalue weighted by Gasteiger charge is 2.26. The first-order valence-electron chi connectivity index (χ1n) is 6.71. The van der Waals surface area contributed by atoms with Crippen LogP contribution in [-0.2, 0) is 9.59 Å². The van der Waals surface area contributed by atoms with E-state index >= 15 is 0 Å². The van der Waals surface area contributed by atoms with Gasteiger partial charge in [-0.25, -0.2) is 9.78 Å². The van der Waals surface area contributed by atoms with E-state index in [0.29, 0.717) is 10.8 Å². The summed E-state index contributed by atoms with van der Waals surface area (Å²) < 4.78 is 1.02. The number of carbonyl (C=O) groups is 2. The standard InChI is InChI=1S/C15H12N2O3S3/c1-8(18)4-5-21-9-2-3-10-12(6-9)23-14(16-10)13-17-11(7-22-13)15(19)20/h2-6,11H,7H2,1H3,(H,19,20)/b5-4+/t11-/m1/s1. The van der Waals surface area contributed by atoms with Crippen molar-refractivity contribution in [2.24, 2.45) is 4.99 Å². The molecule has 23 heavy (non-hydrogen) atoms. The summed E-state index contributed by atoms with van der Waals surface area (Å²) in [5, 5.41) is 12.2. The smallest absolute Gasteiger partial charge is 0.329 e. The predicted molar refractivity (Wildman–Crippen MR) is 95.7 cm³/mol. The molecule has 1 atom stereocenters. The summed E-state index contributed by atoms with van der Waals surface area (Å²) in [6, 6.07) is 5.21. The number of aromatic nitrogens is 1. The van der Waals surface area contributed by atoms with Crippen LogP contribution in [0.3, 0.4) is 0 Å². The summed E-state index contributed by atoms with van der Waals surface area (Å²) in [5.41, 5.74) is 0.868. The maximum atomic E-state index is 11.0. The molecule has 118 valence electrons. The summed E-state index contributed by atoms with van der Waals surface area (Å²) in [5.74, 6) is -0.426. The number of hydrogen-bond acceptors (Lipinski definition) is 7. The molecule has 0 spiro atoms. The number of aliphatic carboxylic acids is 1. The molecule has 1 aliphatic heterocycles. The molecule has 2 heterocycles. The fourth-order valence-corrected chi connectivity index (χ4v) is 4.82. The Hall–Kier alpha value is -1.64. The Bertz CT molecular complexity index is 842. The van der Waals surface area contributed by atoms with Gasteiger partial charge in [0, 0.05) is 10.6 Å². The summed E-state index contributed by atoms with van der Waals surface area (Å²) >= 11 is 4.41. The van der Waals surface area contributed by atoms with Gasteiger partial charge in [0.25, 0.3) is 0 Å². The third-order valence-corrected chi connectivity index (χ3v) is 5.99. The second-order valence-corrected chi connectivity index (χ2v) is 7.80. The molecule has 8 heteroatoms. The molecule has 5 nitrogen and oxygen atoms in total. The third kappa shape index (κ3) is 3.82. The van der Waals surface area contributed by atoms with Crippen molar-refractivity contribution in [1.29, 1.82) is 0 Å². The van der Waals surface area contributed by atoms with Crippen molar-refractivity contribution in [3.8, 4) is 0 Å². The highest BCUT2D eigenvalue weighted by molar-refractivity contribution is 8.15. The van der Waals surface area contributed by atoms with E-state index in [1.165, 1.54) is 47.9 Å². The van der Waals surface area contributed by atoms with Gasteiger partial charge >= 0.3 is 5.97 Å². The van der Waals surface area contributed by atoms with E-state index in [0.717, 1.165) is 20.1 Å². The van der Waals surface area contributed by atoms with Gasteiger partial charge in [-0.3, -0.25) is 9.79 Å². The van der Waals surface area contributed by atoms with E-state index < -0.39 is 12.0 Å². The quantitative estimate of drug-likeness (QED) is 0.647. The number of hydrogen-bond donors (Lipinski definition) is 1. The lowest BCUT2D eigenvalue weighted by Gasteiger charge is -1.94. The molecule has 0 saturated heterocycles. The van der Waals surface area contributed by atoms with E-state index in [-0.39, 0.29) is 5.78 Å². The average molecular weight is 364 g/mol. The zero-order chi connectivity index (χ0) is 16.4. The number of carboxylic acid groups (broad SMARTS) is 1. The fraction of sp³-hybridized carbons (Fsp3) is 0.200. The van der Waals surface area contributed by atoms with Crippen LogP contribution in [0.4, 0.5) is 0 Å². The molecule has 0 amide bonds. The maximum Gasteiger partial charge on any atom is 0.329 e. The first kappa shape index (κ1) is 16.2. The Morgan fingerprint density at radius 2 is 2.26 bits per heavy atom. The van der Waals surface area contributed by atoms with E-state index in [9.17, 15) is 9.59 Å². The zero-order valence-corrected chi connectivity index (χ0v) is 14.5. The van der Waals surface area contributed by atoms with Gasteiger partial charge in [0.1, 0.15) is 10.1 Å². The number of aliphatic imine (C=N–C) groups is 1. The van der Waals surface area contributed by atoms with E-state index in [2.05, 4.69) is 9.98 Å². The molecule has 0 unspecified atom stereocenters. The molecule has 1 aliphatic rings. The number of carbonyl (C=O) groups excluding carboxylic acids is 1. The van der Waals surface area contributed by atoms with Gasteiger partial charge in [0.05, 0.1) is 10.2 Å². The monoisotopic (exact) mass is 364 g/mol.